The van der Waals surface area contributed by atoms with Crippen LogP contribution in [0.4, 0.5) is 17.2 Å². The maximum Gasteiger partial charge on any atom is 0.230 e. The van der Waals surface area contributed by atoms with Crippen molar-refractivity contribution in [3.05, 3.63) is 85.2 Å². The molecule has 4 aromatic rings. The highest BCUT2D eigenvalue weighted by Crippen LogP contribution is 2.19. The van der Waals surface area contributed by atoms with Crippen molar-refractivity contribution in [2.24, 2.45) is 5.14 Å². The van der Waals surface area contributed by atoms with E-state index in [4.69, 9.17) is 0 Å². The Kier molecular flexibility index (Phi) is 41.4. The number of sulfonamides is 9. The molecule has 1 aliphatic carbocycles. The number of likely N-dealkylation sites (N-methyl/N-ethyl adjacent to an activating group) is 1. The van der Waals surface area contributed by atoms with Gasteiger partial charge in [-0.3, -0.25) is 19.2 Å². The second kappa shape index (κ2) is 41.4. The second-order valence-electron chi connectivity index (χ2n) is 20.7. The standard InChI is InChI=1S/C9H10N2O2S.C7H9NO2S.C6H15N3O2S.C6H8N2O2S.C6H16N2O2S.C6H13NO2S.C5H13NO2S.C3H9NO2S.CH5NO2S/c1-14(12,13)11-9-6-7-4-2-3-5-8(7)10-9;1-11(9,10)8-7-5-3-2-4-6-7;1-8-3-5-9(6-4-8)7-12(2,10)11;1-11(9,10)8-6-3-2-4-7-5-6;1-6(2)8(7(3)4)11(5,9)10;1-10(8,9)7-6-4-2-3-5-6;1-4-6(5-2)9(3,7)8;1-4(2)7(3,5)6;1-5(2,3)4/h2-6,10-11H,1H3;2-6,8H,1H3;7H,3-6H2,1-2H3;2-5,8H,1H3;6H,1-5H3;6-7H,2-5H2,1H3;4-5H2,1-3H3;1-3H3;1H3,(H2,2,3,4). The van der Waals surface area contributed by atoms with Crippen LogP contribution in [0.2, 0.25) is 0 Å². The van der Waals surface area contributed by atoms with Crippen LogP contribution >= 0.6 is 0 Å². The Morgan fingerprint density at radius 2 is 0.989 bits per heavy atom. The molecule has 3 heterocycles. The summed E-state index contributed by atoms with van der Waals surface area (Å²) in [4.78, 5) is 11.3. The molecule has 0 unspecified atom stereocenters. The topological polar surface area (TPSA) is 442 Å². The maximum atomic E-state index is 11.1. The summed E-state index contributed by atoms with van der Waals surface area (Å²) in [7, 11) is -19.2. The van der Waals surface area contributed by atoms with E-state index in [1.807, 2.05) is 65.1 Å². The average molecular weight is 1460 g/mol. The molecule has 0 bridgehead atoms. The molecule has 0 spiro atoms. The Morgan fingerprint density at radius 3 is 1.30 bits per heavy atom. The summed E-state index contributed by atoms with van der Waals surface area (Å²) in [6.45, 7) is 11.8. The first-order valence-corrected chi connectivity index (χ1v) is 43.7. The molecule has 2 aromatic heterocycles. The Balaban J connectivity index is -0.000000956. The lowest BCUT2D eigenvalue weighted by Gasteiger charge is -2.31. The Bertz CT molecular complexity index is 3620. The Labute approximate surface area is 538 Å². The fourth-order valence-corrected chi connectivity index (χ4v) is 12.4. The number of piperazine rings is 1. The number of nitrogens with one attached hydrogen (secondary N) is 6. The van der Waals surface area contributed by atoms with E-state index in [9.17, 15) is 75.8 Å². The van der Waals surface area contributed by atoms with Crippen molar-refractivity contribution in [2.45, 2.75) is 65.5 Å². The van der Waals surface area contributed by atoms with Crippen molar-refractivity contribution in [1.29, 1.82) is 0 Å². The number of primary sulfonamides is 1. The minimum absolute atomic E-state index is 0.0278. The van der Waals surface area contributed by atoms with Gasteiger partial charge in [0.2, 0.25) is 90.2 Å². The molecule has 0 radical (unpaired) electrons. The van der Waals surface area contributed by atoms with Crippen molar-refractivity contribution in [2.75, 3.05) is 145 Å². The lowest BCUT2D eigenvalue weighted by Crippen LogP contribution is -2.52. The fraction of sp³-hybridized carbons (Fsp3) is 0.612. The van der Waals surface area contributed by atoms with Gasteiger partial charge in [-0.25, -0.2) is 104 Å². The summed E-state index contributed by atoms with van der Waals surface area (Å²) in [6.07, 6.45) is 17.6. The first-order chi connectivity index (χ1) is 40.5. The van der Waals surface area contributed by atoms with E-state index in [0.717, 1.165) is 98.3 Å². The summed E-state index contributed by atoms with van der Waals surface area (Å²) < 4.78 is 204. The third kappa shape index (κ3) is 54.3. The number of aromatic nitrogens is 2. The van der Waals surface area contributed by atoms with Gasteiger partial charge in [-0.15, -0.1) is 9.25 Å². The lowest BCUT2D eigenvalue weighted by atomic mass is 10.3. The second-order valence-corrected chi connectivity index (χ2v) is 37.2. The predicted molar refractivity (Wildman–Crippen MR) is 362 cm³/mol. The maximum absolute atomic E-state index is 11.1. The summed E-state index contributed by atoms with van der Waals surface area (Å²) in [5, 5.41) is 8.61. The zero-order chi connectivity index (χ0) is 70.9. The monoisotopic (exact) mass is 1460 g/mol. The molecule has 1 saturated carbocycles. The molecule has 6 rings (SSSR count). The molecule has 2 aromatic carbocycles. The smallest absolute Gasteiger partial charge is 0.230 e. The van der Waals surface area contributed by atoms with Crippen LogP contribution in [0.15, 0.2) is 85.2 Å². The van der Waals surface area contributed by atoms with Crippen molar-refractivity contribution < 1.29 is 75.8 Å². The lowest BCUT2D eigenvalue weighted by molar-refractivity contribution is 0.0954. The molecule has 0 atom stereocenters. The number of pyridine rings is 1. The molecule has 1 saturated heterocycles. The third-order valence-corrected chi connectivity index (χ3v) is 17.8. The van der Waals surface area contributed by atoms with E-state index in [0.29, 0.717) is 30.3 Å². The van der Waals surface area contributed by atoms with E-state index in [-0.39, 0.29) is 12.1 Å². The molecule has 32 nitrogen and oxygen atoms in total. The van der Waals surface area contributed by atoms with E-state index >= 15 is 0 Å². The fourth-order valence-electron chi connectivity index (χ4n) is 7.00. The predicted octanol–water partition coefficient (Wildman–Crippen LogP) is 1.06. The molecule has 0 amide bonds. The van der Waals surface area contributed by atoms with Gasteiger partial charge in [0.1, 0.15) is 5.82 Å². The van der Waals surface area contributed by atoms with Crippen LogP contribution in [-0.4, -0.2) is 257 Å². The van der Waals surface area contributed by atoms with Gasteiger partial charge in [-0.2, -0.15) is 0 Å². The summed E-state index contributed by atoms with van der Waals surface area (Å²) >= 11 is 0. The number of anilines is 3. The van der Waals surface area contributed by atoms with Gasteiger partial charge < -0.3 is 9.88 Å². The zero-order valence-corrected chi connectivity index (χ0v) is 61.9. The van der Waals surface area contributed by atoms with Gasteiger partial charge in [-0.05, 0) is 70.1 Å². The number of rotatable bonds is 17. The van der Waals surface area contributed by atoms with Crippen molar-refractivity contribution >= 4 is 118 Å². The van der Waals surface area contributed by atoms with Gasteiger partial charge in [0.15, 0.2) is 0 Å². The number of hydrazine groups is 2. The number of hydrogen-bond donors (Lipinski definition) is 7. The van der Waals surface area contributed by atoms with Crippen LogP contribution < -0.4 is 28.9 Å². The van der Waals surface area contributed by atoms with Crippen molar-refractivity contribution in [3.63, 3.8) is 0 Å². The molecule has 526 valence electrons. The quantitative estimate of drug-likeness (QED) is 0.0727. The Morgan fingerprint density at radius 1 is 0.567 bits per heavy atom. The number of nitrogens with zero attached hydrogens (tertiary/aromatic N) is 7. The normalized spacial score (nSPS) is 14.5. The zero-order valence-electron chi connectivity index (χ0n) is 54.5. The van der Waals surface area contributed by atoms with Crippen LogP contribution in [0.25, 0.3) is 10.9 Å². The SMILES string of the molecule is CC(C)N(N(C)C)S(C)(=O)=O.CCN(CC)S(C)(=O)=O.CN(C)S(C)(=O)=O.CN1CCN(NS(C)(=O)=O)CC1.CS(=O)(=O)NC1CCCC1.CS(=O)(=O)Nc1cc2ccccc2[nH]1.CS(=O)(=O)Nc1ccccc1.CS(=O)(=O)Nc1cccnc1.CS(N)(=O)=O. The van der Waals surface area contributed by atoms with Gasteiger partial charge in [0.25, 0.3) is 0 Å². The summed E-state index contributed by atoms with van der Waals surface area (Å²) in [5.41, 5.74) is 1.99. The minimum atomic E-state index is -3.21. The highest BCUT2D eigenvalue weighted by atomic mass is 32.2. The molecule has 41 heteroatoms. The largest absolute Gasteiger partial charge is 0.341 e. The number of nitrogens with two attached hydrogens (primary N) is 1. The summed E-state index contributed by atoms with van der Waals surface area (Å²) in [6, 6.07) is 21.6. The molecule has 1 aliphatic heterocycles. The van der Waals surface area contributed by atoms with E-state index in [1.54, 1.807) is 72.8 Å². The van der Waals surface area contributed by atoms with E-state index < -0.39 is 90.2 Å². The number of H-pyrrole nitrogens is 1. The highest BCUT2D eigenvalue weighted by molar-refractivity contribution is 7.92. The van der Waals surface area contributed by atoms with Gasteiger partial charge in [-0.1, -0.05) is 63.1 Å². The van der Waals surface area contributed by atoms with Gasteiger partial charge in [0, 0.05) is 102 Å². The average Bonchev–Trinajstić information content (AvgIpc) is 2.04. The first-order valence-electron chi connectivity index (χ1n) is 26.8. The van der Waals surface area contributed by atoms with Crippen LogP contribution in [0.1, 0.15) is 53.4 Å². The molecule has 2 aliphatic rings. The highest BCUT2D eigenvalue weighted by Gasteiger charge is 2.22. The number of hydrogen-bond acceptors (Lipinski definition) is 22. The molecular formula is C49H98N14O18S9. The number of aromatic amines is 1. The molecule has 2 fully saturated rings. The summed E-state index contributed by atoms with van der Waals surface area (Å²) in [5.74, 6) is 0.494. The molecule has 90 heavy (non-hydrogen) atoms. The van der Waals surface area contributed by atoms with Crippen molar-refractivity contribution in [1.82, 2.24) is 47.5 Å². The van der Waals surface area contributed by atoms with Crippen LogP contribution in [0, 0.1) is 0 Å². The number of fused-ring (bicyclic) bond motifs is 1. The first kappa shape index (κ1) is 89.9. The number of benzene rings is 2. The van der Waals surface area contributed by atoms with Crippen molar-refractivity contribution in [3.8, 4) is 0 Å². The van der Waals surface area contributed by atoms with Gasteiger partial charge in [0.05, 0.1) is 68.2 Å². The third-order valence-electron chi connectivity index (χ3n) is 10.4. The molecular weight excluding hydrogens is 1360 g/mol. The minimum Gasteiger partial charge on any atom is -0.341 e. The van der Waals surface area contributed by atoms with Gasteiger partial charge >= 0.3 is 0 Å². The van der Waals surface area contributed by atoms with E-state index in [1.165, 1.54) is 54.0 Å². The van der Waals surface area contributed by atoms with Crippen LogP contribution in [-0.2, 0) is 90.2 Å². The Hall–Kier alpha value is -4.28. The molecule has 8 N–H and O–H groups in total. The van der Waals surface area contributed by atoms with Crippen LogP contribution in [0.3, 0.4) is 0 Å². The van der Waals surface area contributed by atoms with E-state index in [2.05, 4.69) is 43.7 Å². The van der Waals surface area contributed by atoms with Crippen LogP contribution in [0.5, 0.6) is 0 Å². The number of para-hydroxylation sites is 2.